The summed E-state index contributed by atoms with van der Waals surface area (Å²) < 4.78 is 13.9. The van der Waals surface area contributed by atoms with Crippen molar-refractivity contribution >= 4 is 28.6 Å². The zero-order chi connectivity index (χ0) is 13.3. The number of hydrogen-bond acceptors (Lipinski definition) is 3. The normalized spacial score (nSPS) is 10.3. The van der Waals surface area contributed by atoms with Gasteiger partial charge in [-0.3, -0.25) is 0 Å². The Bertz CT molecular complexity index is 623. The van der Waals surface area contributed by atoms with E-state index in [1.807, 2.05) is 13.0 Å². The van der Waals surface area contributed by atoms with Crippen LogP contribution in [-0.4, -0.2) is 0 Å². The van der Waals surface area contributed by atoms with Crippen molar-refractivity contribution in [3.8, 4) is 16.5 Å². The third-order valence-electron chi connectivity index (χ3n) is 2.69. The summed E-state index contributed by atoms with van der Waals surface area (Å²) in [6, 6.07) is 6.55. The maximum Gasteiger partial charge on any atom is 0.133 e. The number of halogens is 2. The molecule has 92 valence electrons. The molecule has 0 atom stereocenters. The molecule has 0 saturated carbocycles. The van der Waals surface area contributed by atoms with Gasteiger partial charge in [-0.2, -0.15) is 5.26 Å². The molecule has 18 heavy (non-hydrogen) atoms. The number of hydrogen-bond donors (Lipinski definition) is 1. The van der Waals surface area contributed by atoms with Crippen LogP contribution in [0.25, 0.3) is 10.4 Å². The average molecular weight is 281 g/mol. The number of nitriles is 1. The van der Waals surface area contributed by atoms with Crippen molar-refractivity contribution in [2.45, 2.75) is 13.3 Å². The maximum absolute atomic E-state index is 13.9. The Hall–Kier alpha value is -1.57. The molecule has 0 amide bonds. The van der Waals surface area contributed by atoms with E-state index in [1.165, 1.54) is 17.4 Å². The quantitative estimate of drug-likeness (QED) is 0.895. The van der Waals surface area contributed by atoms with Crippen LogP contribution in [0.15, 0.2) is 18.2 Å². The molecule has 0 radical (unpaired) electrons. The summed E-state index contributed by atoms with van der Waals surface area (Å²) in [4.78, 5) is 1.05. The molecular formula is C13H10ClFN2S. The summed E-state index contributed by atoms with van der Waals surface area (Å²) in [5, 5.41) is 9.32. The Morgan fingerprint density at radius 2 is 2.22 bits per heavy atom. The van der Waals surface area contributed by atoms with Crippen molar-refractivity contribution < 1.29 is 4.39 Å². The first-order chi connectivity index (χ1) is 8.60. The summed E-state index contributed by atoms with van der Waals surface area (Å²) in [6.45, 7) is 1.91. The first-order valence-corrected chi connectivity index (χ1v) is 6.55. The largest absolute Gasteiger partial charge is 0.397 e. The van der Waals surface area contributed by atoms with Crippen LogP contribution in [-0.2, 0) is 6.42 Å². The van der Waals surface area contributed by atoms with E-state index >= 15 is 0 Å². The Morgan fingerprint density at radius 3 is 2.78 bits per heavy atom. The number of nitrogen functional groups attached to an aromatic ring is 1. The lowest BCUT2D eigenvalue weighted by atomic mass is 10.1. The lowest BCUT2D eigenvalue weighted by Gasteiger charge is -2.06. The highest BCUT2D eigenvalue weighted by atomic mass is 35.5. The van der Waals surface area contributed by atoms with Gasteiger partial charge in [0, 0.05) is 10.4 Å². The van der Waals surface area contributed by atoms with Gasteiger partial charge in [-0.15, -0.1) is 11.3 Å². The summed E-state index contributed by atoms with van der Waals surface area (Å²) in [6.07, 6.45) is 0.629. The molecule has 0 spiro atoms. The number of nitrogens with zero attached hydrogens (tertiary/aromatic N) is 1. The molecule has 1 aromatic carbocycles. The zero-order valence-electron chi connectivity index (χ0n) is 9.63. The smallest absolute Gasteiger partial charge is 0.133 e. The second-order valence-electron chi connectivity index (χ2n) is 3.71. The first-order valence-electron chi connectivity index (χ1n) is 5.35. The molecule has 2 N–H and O–H groups in total. The highest BCUT2D eigenvalue weighted by molar-refractivity contribution is 7.17. The molecule has 2 nitrogen and oxygen atoms in total. The van der Waals surface area contributed by atoms with E-state index in [-0.39, 0.29) is 0 Å². The van der Waals surface area contributed by atoms with E-state index < -0.39 is 5.82 Å². The summed E-state index contributed by atoms with van der Waals surface area (Å²) in [5.74, 6) is -0.400. The second kappa shape index (κ2) is 4.97. The number of anilines is 1. The Balaban J connectivity index is 2.76. The highest BCUT2D eigenvalue weighted by Crippen LogP contribution is 2.42. The predicted molar refractivity (Wildman–Crippen MR) is 73.2 cm³/mol. The van der Waals surface area contributed by atoms with Gasteiger partial charge in [-0.25, -0.2) is 4.39 Å². The maximum atomic E-state index is 13.9. The molecule has 5 heteroatoms. The zero-order valence-corrected chi connectivity index (χ0v) is 11.2. The second-order valence-corrected chi connectivity index (χ2v) is 5.14. The minimum Gasteiger partial charge on any atom is -0.397 e. The Morgan fingerprint density at radius 1 is 1.50 bits per heavy atom. The molecule has 0 fully saturated rings. The van der Waals surface area contributed by atoms with Crippen molar-refractivity contribution in [3.63, 3.8) is 0 Å². The molecular weight excluding hydrogens is 271 g/mol. The van der Waals surface area contributed by atoms with Gasteiger partial charge in [0.25, 0.3) is 0 Å². The molecule has 0 aliphatic heterocycles. The van der Waals surface area contributed by atoms with Crippen LogP contribution in [0.1, 0.15) is 17.4 Å². The molecule has 0 saturated heterocycles. The van der Waals surface area contributed by atoms with Crippen molar-refractivity contribution in [3.05, 3.63) is 39.5 Å². The number of nitrogens with two attached hydrogens (primary N) is 1. The van der Waals surface area contributed by atoms with Gasteiger partial charge >= 0.3 is 0 Å². The van der Waals surface area contributed by atoms with Crippen molar-refractivity contribution in [1.82, 2.24) is 0 Å². The molecule has 2 aromatic rings. The van der Waals surface area contributed by atoms with Crippen LogP contribution in [0.3, 0.4) is 0 Å². The topological polar surface area (TPSA) is 49.8 Å². The summed E-state index contributed by atoms with van der Waals surface area (Å²) in [5.41, 5.74) is 7.42. The minimum absolute atomic E-state index is 0.328. The van der Waals surface area contributed by atoms with Gasteiger partial charge < -0.3 is 5.73 Å². The van der Waals surface area contributed by atoms with Crippen molar-refractivity contribution in [2.75, 3.05) is 5.73 Å². The molecule has 0 unspecified atom stereocenters. The van der Waals surface area contributed by atoms with E-state index in [1.54, 1.807) is 12.1 Å². The first kappa shape index (κ1) is 12.9. The van der Waals surface area contributed by atoms with Gasteiger partial charge in [0.05, 0.1) is 10.7 Å². The fraction of sp³-hybridized carbons (Fsp3) is 0.154. The third kappa shape index (κ3) is 1.96. The van der Waals surface area contributed by atoms with Crippen LogP contribution in [0, 0.1) is 17.1 Å². The minimum atomic E-state index is -0.400. The standard InChI is InChI=1S/C13H10ClFN2S/c1-2-7-12(17)10(6-16)18-13(7)11-8(14)4-3-5-9(11)15/h3-5H,2,17H2,1H3. The van der Waals surface area contributed by atoms with E-state index in [4.69, 9.17) is 22.6 Å². The lowest BCUT2D eigenvalue weighted by Crippen LogP contribution is -1.93. The number of rotatable bonds is 2. The number of benzene rings is 1. The Kier molecular flexibility index (Phi) is 3.55. The molecule has 0 bridgehead atoms. The van der Waals surface area contributed by atoms with Crippen LogP contribution in [0.4, 0.5) is 10.1 Å². The molecule has 1 aromatic heterocycles. The van der Waals surface area contributed by atoms with Crippen molar-refractivity contribution in [1.29, 1.82) is 5.26 Å². The van der Waals surface area contributed by atoms with Gasteiger partial charge in [0.1, 0.15) is 16.8 Å². The predicted octanol–water partition coefficient (Wildman–Crippen LogP) is 4.22. The van der Waals surface area contributed by atoms with Gasteiger partial charge in [-0.05, 0) is 24.1 Å². The molecule has 1 heterocycles. The average Bonchev–Trinajstić information content (AvgIpc) is 2.65. The molecule has 2 rings (SSSR count). The van der Waals surface area contributed by atoms with Crippen LogP contribution < -0.4 is 5.73 Å². The third-order valence-corrected chi connectivity index (χ3v) is 4.18. The van der Waals surface area contributed by atoms with E-state index in [2.05, 4.69) is 0 Å². The van der Waals surface area contributed by atoms with Crippen molar-refractivity contribution in [2.24, 2.45) is 0 Å². The van der Waals surface area contributed by atoms with E-state index in [0.717, 1.165) is 5.56 Å². The fourth-order valence-corrected chi connectivity index (χ4v) is 3.31. The number of thiophene rings is 1. The van der Waals surface area contributed by atoms with Gasteiger partial charge in [0.2, 0.25) is 0 Å². The fourth-order valence-electron chi connectivity index (χ4n) is 1.83. The van der Waals surface area contributed by atoms with Gasteiger partial charge in [-0.1, -0.05) is 24.6 Å². The highest BCUT2D eigenvalue weighted by Gasteiger charge is 2.20. The van der Waals surface area contributed by atoms with E-state index in [9.17, 15) is 4.39 Å². The lowest BCUT2D eigenvalue weighted by molar-refractivity contribution is 0.631. The van der Waals surface area contributed by atoms with E-state index in [0.29, 0.717) is 32.4 Å². The SMILES string of the molecule is CCc1c(-c2c(F)cccc2Cl)sc(C#N)c1N. The summed E-state index contributed by atoms with van der Waals surface area (Å²) in [7, 11) is 0. The molecule has 0 aliphatic carbocycles. The summed E-state index contributed by atoms with van der Waals surface area (Å²) >= 11 is 7.22. The Labute approximate surface area is 113 Å². The van der Waals surface area contributed by atoms with Crippen LogP contribution >= 0.6 is 22.9 Å². The van der Waals surface area contributed by atoms with Gasteiger partial charge in [0.15, 0.2) is 0 Å². The van der Waals surface area contributed by atoms with Crippen LogP contribution in [0.2, 0.25) is 5.02 Å². The monoisotopic (exact) mass is 280 g/mol. The molecule has 0 aliphatic rings. The van der Waals surface area contributed by atoms with Crippen LogP contribution in [0.5, 0.6) is 0 Å².